The fourth-order valence-electron chi connectivity index (χ4n) is 12.9. The molecule has 0 amide bonds. The van der Waals surface area contributed by atoms with E-state index in [2.05, 4.69) is 38.2 Å². The molecule has 0 aromatic carbocycles. The van der Waals surface area contributed by atoms with Gasteiger partial charge in [-0.25, -0.2) is 4.57 Å². The van der Waals surface area contributed by atoms with Crippen LogP contribution >= 0.6 is 7.82 Å². The van der Waals surface area contributed by atoms with Crippen LogP contribution in [0.4, 0.5) is 0 Å². The van der Waals surface area contributed by atoms with Crippen molar-refractivity contribution in [2.24, 2.45) is 0 Å². The van der Waals surface area contributed by atoms with E-state index >= 15 is 0 Å². The van der Waals surface area contributed by atoms with Gasteiger partial charge in [0, 0.05) is 12.8 Å². The molecule has 0 bridgehead atoms. The third kappa shape index (κ3) is 30.3. The van der Waals surface area contributed by atoms with E-state index in [-0.39, 0.29) is 12.8 Å². The van der Waals surface area contributed by atoms with Gasteiger partial charge in [0.05, 0.1) is 33.0 Å². The lowest BCUT2D eigenvalue weighted by molar-refractivity contribution is -0.365. The average molecular weight is 1530 g/mol. The number of allylic oxidation sites excluding steroid dienone is 4. The van der Waals surface area contributed by atoms with Gasteiger partial charge >= 0.3 is 19.8 Å². The number of carbonyl (C=O) groups is 2. The van der Waals surface area contributed by atoms with Gasteiger partial charge in [0.15, 0.2) is 31.3 Å². The van der Waals surface area contributed by atoms with Crippen LogP contribution in [0.15, 0.2) is 24.3 Å². The minimum absolute atomic E-state index is 0.0194. The molecule has 18 N–H and O–H groups in total. The fraction of sp³-hybridized carbons (Fsp3) is 0.914. The Morgan fingerprint density at radius 1 is 0.385 bits per heavy atom. The quantitative estimate of drug-likeness (QED) is 0.0171. The van der Waals surface area contributed by atoms with Crippen molar-refractivity contribution in [2.75, 3.05) is 39.6 Å². The highest BCUT2D eigenvalue weighted by molar-refractivity contribution is 7.47. The van der Waals surface area contributed by atoms with E-state index in [1.807, 2.05) is 0 Å². The average Bonchev–Trinajstić information content (AvgIpc) is 0.768. The molecule has 1 saturated carbocycles. The van der Waals surface area contributed by atoms with Crippen molar-refractivity contribution in [3.8, 4) is 0 Å². The SMILES string of the molecule is CCCCCC/C=C\C/C=C\CCCCCCCC(=O)OC[C@H](COP(=O)(O)O[C@@H]1C(O[C@@H]2OC(CO[C@@H]3OC(CO[C@@H]4OC(CO)[C@H](O)C(O)[C@@H]4O)[C@H](O)C(O)[C@@H]3O)[C@H](O)C(O)[C@@H]2O)C(O)[C@@H](O)C(O)[C@H]1O[C@H]1OC(CO)[C@@H](O)C(O)[C@H]1O)OC(=O)CCCCCCCCCCCCCCCCC. The van der Waals surface area contributed by atoms with E-state index in [1.54, 1.807) is 0 Å². The number of hydrogen-bond donors (Lipinski definition) is 18. The molecule has 34 heteroatoms. The molecule has 608 valence electrons. The van der Waals surface area contributed by atoms with Crippen LogP contribution in [0.25, 0.3) is 0 Å². The van der Waals surface area contributed by atoms with Crippen molar-refractivity contribution in [2.45, 2.75) is 366 Å². The number of aliphatic hydroxyl groups excluding tert-OH is 17. The molecule has 4 saturated heterocycles. The van der Waals surface area contributed by atoms with Gasteiger partial charge in [0.2, 0.25) is 0 Å². The minimum Gasteiger partial charge on any atom is -0.462 e. The summed E-state index contributed by atoms with van der Waals surface area (Å²) in [4.78, 5) is 38.2. The Labute approximate surface area is 609 Å². The largest absolute Gasteiger partial charge is 0.472 e. The van der Waals surface area contributed by atoms with Crippen LogP contribution in [-0.2, 0) is 70.6 Å². The number of phosphoric acid groups is 1. The Bertz CT molecular complexity index is 2420. The smallest absolute Gasteiger partial charge is 0.462 e. The predicted molar refractivity (Wildman–Crippen MR) is 366 cm³/mol. The highest BCUT2D eigenvalue weighted by atomic mass is 31.2. The molecule has 0 aromatic heterocycles. The maximum Gasteiger partial charge on any atom is 0.472 e. The highest BCUT2D eigenvalue weighted by Crippen LogP contribution is 2.49. The van der Waals surface area contributed by atoms with Crippen LogP contribution in [0.1, 0.15) is 200 Å². The number of rotatable bonds is 51. The van der Waals surface area contributed by atoms with Crippen molar-refractivity contribution < 1.29 is 162 Å². The molecule has 5 aliphatic rings. The summed E-state index contributed by atoms with van der Waals surface area (Å²) in [6.45, 7) is -0.924. The van der Waals surface area contributed by atoms with Crippen molar-refractivity contribution in [1.29, 1.82) is 0 Å². The Morgan fingerprint density at radius 2 is 0.721 bits per heavy atom. The molecule has 12 unspecified atom stereocenters. The second-order valence-corrected chi connectivity index (χ2v) is 29.3. The number of phosphoric ester groups is 1. The summed E-state index contributed by atoms with van der Waals surface area (Å²) in [5.41, 5.74) is 0. The van der Waals surface area contributed by atoms with E-state index in [0.29, 0.717) is 25.7 Å². The monoisotopic (exact) mass is 1520 g/mol. The second-order valence-electron chi connectivity index (χ2n) is 27.9. The molecule has 4 aliphatic heterocycles. The number of esters is 2. The third-order valence-corrected chi connectivity index (χ3v) is 20.4. The van der Waals surface area contributed by atoms with Gasteiger partial charge in [-0.1, -0.05) is 167 Å². The summed E-state index contributed by atoms with van der Waals surface area (Å²) in [5, 5.41) is 184. The van der Waals surface area contributed by atoms with E-state index in [1.165, 1.54) is 77.0 Å². The first-order chi connectivity index (χ1) is 49.8. The van der Waals surface area contributed by atoms with Crippen LogP contribution < -0.4 is 0 Å². The van der Waals surface area contributed by atoms with Gasteiger partial charge in [-0.05, 0) is 44.9 Å². The number of unbranched alkanes of at least 4 members (excludes halogenated alkanes) is 23. The first kappa shape index (κ1) is 92.1. The van der Waals surface area contributed by atoms with Crippen molar-refractivity contribution in [1.82, 2.24) is 0 Å². The first-order valence-corrected chi connectivity index (χ1v) is 39.2. The molecule has 104 heavy (non-hydrogen) atoms. The Hall–Kier alpha value is -2.47. The molecule has 0 radical (unpaired) electrons. The zero-order valence-corrected chi connectivity index (χ0v) is 61.2. The molecule has 5 rings (SSSR count). The number of carbonyl (C=O) groups excluding carboxylic acids is 2. The fourth-order valence-corrected chi connectivity index (χ4v) is 13.9. The van der Waals surface area contributed by atoms with Crippen LogP contribution in [0.2, 0.25) is 0 Å². The lowest BCUT2D eigenvalue weighted by Crippen LogP contribution is -2.69. The second kappa shape index (κ2) is 49.7. The number of hydrogen-bond acceptors (Lipinski definition) is 32. The van der Waals surface area contributed by atoms with E-state index < -0.39 is 225 Å². The number of aliphatic hydroxyl groups is 17. The summed E-state index contributed by atoms with van der Waals surface area (Å²) in [6.07, 6.45) is -19.5. The van der Waals surface area contributed by atoms with Gasteiger partial charge in [0.1, 0.15) is 141 Å². The van der Waals surface area contributed by atoms with Gasteiger partial charge in [0.25, 0.3) is 0 Å². The van der Waals surface area contributed by atoms with Crippen molar-refractivity contribution >= 4 is 19.8 Å². The third-order valence-electron chi connectivity index (χ3n) is 19.5. The van der Waals surface area contributed by atoms with E-state index in [0.717, 1.165) is 70.6 Å². The van der Waals surface area contributed by atoms with Crippen LogP contribution in [-0.4, -0.2) is 309 Å². The molecule has 5 fully saturated rings. The Balaban J connectivity index is 1.28. The maximum atomic E-state index is 14.4. The molecular formula is C70H125O33P. The normalized spacial score (nSPS) is 35.8. The summed E-state index contributed by atoms with van der Waals surface area (Å²) < 4.78 is 81.5. The minimum atomic E-state index is -5.82. The van der Waals surface area contributed by atoms with Crippen LogP contribution in [0.3, 0.4) is 0 Å². The van der Waals surface area contributed by atoms with Gasteiger partial charge in [-0.3, -0.25) is 18.6 Å². The lowest BCUT2D eigenvalue weighted by atomic mass is 9.84. The highest BCUT2D eigenvalue weighted by Gasteiger charge is 2.59. The zero-order chi connectivity index (χ0) is 76.3. The van der Waals surface area contributed by atoms with Gasteiger partial charge < -0.3 is 139 Å². The molecule has 28 atom stereocenters. The van der Waals surface area contributed by atoms with Crippen LogP contribution in [0, 0.1) is 0 Å². The molecule has 0 aromatic rings. The Kier molecular flexibility index (Phi) is 44.0. The summed E-state index contributed by atoms with van der Waals surface area (Å²) in [7, 11) is -5.82. The van der Waals surface area contributed by atoms with Crippen molar-refractivity contribution in [3.05, 3.63) is 24.3 Å². The summed E-state index contributed by atoms with van der Waals surface area (Å²) in [5.74, 6) is -1.46. The van der Waals surface area contributed by atoms with Crippen LogP contribution in [0.5, 0.6) is 0 Å². The van der Waals surface area contributed by atoms with Crippen molar-refractivity contribution in [3.63, 3.8) is 0 Å². The van der Waals surface area contributed by atoms with Gasteiger partial charge in [-0.15, -0.1) is 0 Å². The van der Waals surface area contributed by atoms with E-state index in [4.69, 9.17) is 56.4 Å². The zero-order valence-electron chi connectivity index (χ0n) is 60.3. The maximum absolute atomic E-state index is 14.4. The van der Waals surface area contributed by atoms with E-state index in [9.17, 15) is 106 Å². The molecule has 33 nitrogen and oxygen atoms in total. The standard InChI is InChI=1S/C70H125O33P/c1-3-5-7-9-11-13-15-17-19-21-22-24-26-28-30-32-34-47(73)92-38-42(96-48(74)35-33-31-29-27-25-23-20-18-16-14-12-10-8-6-4-2)39-95-104(90,91)103-66-64(101-69-62(88)54(80)50(76)44(37-72)98-69)58(84)57(83)59(85)65(66)102-70-63(89)56(82)52(78)46(100-70)41-94-68-61(87)55(81)51(77)45(99-68)40-93-67-60(86)53(79)49(75)43(36-71)97-67/h13,15,19,21,42-46,49-72,75-89H,3-12,14,16-18,20,22-41H2,1-2H3,(H,90,91)/b15-13-,21-19-/t42-,43?,44?,45?,46?,49+,50-,51+,52+,53?,54?,55?,56?,57+,58?,59?,60+,61+,62-,63+,64-,65?,66+,67-,68-,69-,70+/m1/s1. The molecule has 1 aliphatic carbocycles. The summed E-state index contributed by atoms with van der Waals surface area (Å²) in [6, 6.07) is 0. The lowest BCUT2D eigenvalue weighted by Gasteiger charge is -2.49. The van der Waals surface area contributed by atoms with Gasteiger partial charge in [-0.2, -0.15) is 0 Å². The topological polar surface area (TPSA) is 526 Å². The molecule has 0 spiro atoms. The Morgan fingerprint density at radius 3 is 1.14 bits per heavy atom. The predicted octanol–water partition coefficient (Wildman–Crippen LogP) is 0.524. The number of ether oxygens (including phenoxy) is 10. The molecule has 4 heterocycles. The summed E-state index contributed by atoms with van der Waals surface area (Å²) >= 11 is 0. The first-order valence-electron chi connectivity index (χ1n) is 37.7. The molecular weight excluding hydrogens is 1400 g/mol.